The van der Waals surface area contributed by atoms with Gasteiger partial charge >= 0.3 is 0 Å². The van der Waals surface area contributed by atoms with Crippen LogP contribution in [0.4, 0.5) is 0 Å². The van der Waals surface area contributed by atoms with Crippen LogP contribution >= 0.6 is 0 Å². The van der Waals surface area contributed by atoms with Gasteiger partial charge in [0.2, 0.25) is 5.91 Å². The molecule has 0 aromatic heterocycles. The lowest BCUT2D eigenvalue weighted by atomic mass is 10.1. The van der Waals surface area contributed by atoms with Crippen molar-refractivity contribution in [2.45, 2.75) is 45.3 Å². The Morgan fingerprint density at radius 2 is 2.11 bits per heavy atom. The predicted octanol–water partition coefficient (Wildman–Crippen LogP) is 0.245. The molecule has 1 aliphatic heterocycles. The summed E-state index contributed by atoms with van der Waals surface area (Å²) in [4.78, 5) is 15.7. The van der Waals surface area contributed by atoms with E-state index in [2.05, 4.69) is 20.9 Å². The lowest BCUT2D eigenvalue weighted by Gasteiger charge is -2.21. The molecule has 0 aromatic rings. The molecule has 0 spiro atoms. The second-order valence-electron chi connectivity index (χ2n) is 5.74. The number of carbonyl (C=O) groups is 1. The van der Waals surface area contributed by atoms with E-state index < -0.39 is 0 Å². The molecule has 0 aliphatic carbocycles. The third-order valence-corrected chi connectivity index (χ3v) is 2.68. The molecule has 0 bridgehead atoms. The molecule has 1 amide bonds. The standard InChI is InChI=1S/C13H26N4O2/c1-13(2,3)17-11(18)9-16-12(14-4)15-8-10-6-5-7-19-10/h10H,5-9H2,1-4H3,(H,17,18)(H2,14,15,16). The Labute approximate surface area is 115 Å². The van der Waals surface area contributed by atoms with Gasteiger partial charge in [-0.1, -0.05) is 0 Å². The van der Waals surface area contributed by atoms with Crippen molar-refractivity contribution in [3.8, 4) is 0 Å². The molecule has 1 rings (SSSR count). The first-order chi connectivity index (χ1) is 8.90. The maximum Gasteiger partial charge on any atom is 0.239 e. The van der Waals surface area contributed by atoms with Crippen molar-refractivity contribution in [2.75, 3.05) is 26.7 Å². The Kier molecular flexibility index (Phi) is 6.08. The molecule has 1 heterocycles. The molecule has 3 N–H and O–H groups in total. The lowest BCUT2D eigenvalue weighted by molar-refractivity contribution is -0.121. The van der Waals surface area contributed by atoms with Crippen LogP contribution in [0.25, 0.3) is 0 Å². The number of nitrogens with one attached hydrogen (secondary N) is 3. The summed E-state index contributed by atoms with van der Waals surface area (Å²) in [5, 5.41) is 9.04. The second-order valence-corrected chi connectivity index (χ2v) is 5.74. The van der Waals surface area contributed by atoms with E-state index in [9.17, 15) is 4.79 Å². The fraction of sp³-hybridized carbons (Fsp3) is 0.846. The van der Waals surface area contributed by atoms with E-state index in [0.717, 1.165) is 26.0 Å². The van der Waals surface area contributed by atoms with Crippen LogP contribution in [-0.2, 0) is 9.53 Å². The minimum Gasteiger partial charge on any atom is -0.376 e. The van der Waals surface area contributed by atoms with Gasteiger partial charge in [0, 0.05) is 25.7 Å². The average Bonchev–Trinajstić information content (AvgIpc) is 2.80. The van der Waals surface area contributed by atoms with Crippen LogP contribution < -0.4 is 16.0 Å². The Bertz CT molecular complexity index is 317. The zero-order valence-corrected chi connectivity index (χ0v) is 12.4. The van der Waals surface area contributed by atoms with Gasteiger partial charge in [-0.2, -0.15) is 0 Å². The number of amides is 1. The molecule has 110 valence electrons. The molecule has 1 aliphatic rings. The third-order valence-electron chi connectivity index (χ3n) is 2.68. The van der Waals surface area contributed by atoms with Gasteiger partial charge in [0.25, 0.3) is 0 Å². The Hall–Kier alpha value is -1.30. The van der Waals surface area contributed by atoms with E-state index in [1.54, 1.807) is 7.05 Å². The zero-order valence-electron chi connectivity index (χ0n) is 12.4. The van der Waals surface area contributed by atoms with Gasteiger partial charge in [-0.15, -0.1) is 0 Å². The molecule has 1 atom stereocenters. The summed E-state index contributed by atoms with van der Waals surface area (Å²) < 4.78 is 5.51. The quantitative estimate of drug-likeness (QED) is 0.505. The van der Waals surface area contributed by atoms with Crippen LogP contribution in [0.5, 0.6) is 0 Å². The molecule has 0 aromatic carbocycles. The Morgan fingerprint density at radius 3 is 2.63 bits per heavy atom. The molecule has 1 saturated heterocycles. The van der Waals surface area contributed by atoms with E-state index in [0.29, 0.717) is 5.96 Å². The summed E-state index contributed by atoms with van der Waals surface area (Å²) in [6.45, 7) is 7.63. The number of ether oxygens (including phenoxy) is 1. The zero-order chi connectivity index (χ0) is 14.3. The maximum atomic E-state index is 11.7. The third kappa shape index (κ3) is 7.00. The van der Waals surface area contributed by atoms with E-state index >= 15 is 0 Å². The molecule has 1 unspecified atom stereocenters. The number of rotatable bonds is 4. The van der Waals surface area contributed by atoms with Crippen LogP contribution in [0.2, 0.25) is 0 Å². The topological polar surface area (TPSA) is 74.8 Å². The molecule has 6 nitrogen and oxygen atoms in total. The second kappa shape index (κ2) is 7.33. The fourth-order valence-electron chi connectivity index (χ4n) is 1.86. The van der Waals surface area contributed by atoms with Gasteiger partial charge in [-0.3, -0.25) is 9.79 Å². The van der Waals surface area contributed by atoms with Crippen molar-refractivity contribution < 1.29 is 9.53 Å². The summed E-state index contributed by atoms with van der Waals surface area (Å²) in [6.07, 6.45) is 2.45. The van der Waals surface area contributed by atoms with Crippen LogP contribution in [0, 0.1) is 0 Å². The van der Waals surface area contributed by atoms with Crippen molar-refractivity contribution in [1.29, 1.82) is 0 Å². The molecule has 1 fully saturated rings. The van der Waals surface area contributed by atoms with Crippen molar-refractivity contribution in [3.63, 3.8) is 0 Å². The maximum absolute atomic E-state index is 11.7. The van der Waals surface area contributed by atoms with Crippen LogP contribution in [0.15, 0.2) is 4.99 Å². The van der Waals surface area contributed by atoms with Crippen LogP contribution in [-0.4, -0.2) is 50.3 Å². The van der Waals surface area contributed by atoms with Crippen LogP contribution in [0.3, 0.4) is 0 Å². The smallest absolute Gasteiger partial charge is 0.239 e. The monoisotopic (exact) mass is 270 g/mol. The van der Waals surface area contributed by atoms with E-state index in [1.807, 2.05) is 20.8 Å². The number of hydrogen-bond donors (Lipinski definition) is 3. The predicted molar refractivity (Wildman–Crippen MR) is 76.2 cm³/mol. The summed E-state index contributed by atoms with van der Waals surface area (Å²) >= 11 is 0. The van der Waals surface area contributed by atoms with Gasteiger partial charge in [-0.25, -0.2) is 0 Å². The highest BCUT2D eigenvalue weighted by molar-refractivity contribution is 5.86. The fourth-order valence-corrected chi connectivity index (χ4v) is 1.86. The number of carbonyl (C=O) groups excluding carboxylic acids is 1. The molecule has 6 heteroatoms. The lowest BCUT2D eigenvalue weighted by Crippen LogP contribution is -2.49. The number of nitrogens with zero attached hydrogens (tertiary/aromatic N) is 1. The highest BCUT2D eigenvalue weighted by Gasteiger charge is 2.16. The van der Waals surface area contributed by atoms with E-state index in [1.165, 1.54) is 0 Å². The number of aliphatic imine (C=N–C) groups is 1. The minimum absolute atomic E-state index is 0.0485. The Morgan fingerprint density at radius 1 is 1.37 bits per heavy atom. The van der Waals surface area contributed by atoms with Crippen molar-refractivity contribution in [3.05, 3.63) is 0 Å². The highest BCUT2D eigenvalue weighted by atomic mass is 16.5. The largest absolute Gasteiger partial charge is 0.376 e. The summed E-state index contributed by atoms with van der Waals surface area (Å²) in [5.41, 5.74) is -0.215. The van der Waals surface area contributed by atoms with Gasteiger partial charge in [0.1, 0.15) is 0 Å². The molecule has 19 heavy (non-hydrogen) atoms. The summed E-state index contributed by atoms with van der Waals surface area (Å²) in [5.74, 6) is 0.576. The Balaban J connectivity index is 2.23. The average molecular weight is 270 g/mol. The van der Waals surface area contributed by atoms with Crippen molar-refractivity contribution in [2.24, 2.45) is 4.99 Å². The minimum atomic E-state index is -0.215. The summed E-state index contributed by atoms with van der Waals surface area (Å²) in [6, 6.07) is 0. The van der Waals surface area contributed by atoms with Gasteiger partial charge < -0.3 is 20.7 Å². The first kappa shape index (κ1) is 15.8. The molecular formula is C13H26N4O2. The summed E-state index contributed by atoms with van der Waals surface area (Å²) in [7, 11) is 1.69. The number of hydrogen-bond acceptors (Lipinski definition) is 3. The highest BCUT2D eigenvalue weighted by Crippen LogP contribution is 2.10. The molecule has 0 radical (unpaired) electrons. The SMILES string of the molecule is CN=C(NCC(=O)NC(C)(C)C)NCC1CCCO1. The number of guanidine groups is 1. The van der Waals surface area contributed by atoms with Crippen molar-refractivity contribution >= 4 is 11.9 Å². The first-order valence-electron chi connectivity index (χ1n) is 6.78. The van der Waals surface area contributed by atoms with Gasteiger partial charge in [-0.05, 0) is 33.6 Å². The van der Waals surface area contributed by atoms with Crippen LogP contribution in [0.1, 0.15) is 33.6 Å². The van der Waals surface area contributed by atoms with Gasteiger partial charge in [0.05, 0.1) is 12.6 Å². The normalized spacial score (nSPS) is 20.2. The van der Waals surface area contributed by atoms with E-state index in [-0.39, 0.29) is 24.1 Å². The first-order valence-corrected chi connectivity index (χ1v) is 6.78. The molecule has 0 saturated carbocycles. The van der Waals surface area contributed by atoms with Crippen molar-refractivity contribution in [1.82, 2.24) is 16.0 Å². The van der Waals surface area contributed by atoms with E-state index in [4.69, 9.17) is 4.74 Å². The van der Waals surface area contributed by atoms with Gasteiger partial charge in [0.15, 0.2) is 5.96 Å². The molecular weight excluding hydrogens is 244 g/mol.